The van der Waals surface area contributed by atoms with E-state index in [4.69, 9.17) is 10.5 Å². The first-order chi connectivity index (χ1) is 11.2. The van der Waals surface area contributed by atoms with Crippen molar-refractivity contribution in [1.82, 2.24) is 19.7 Å². The number of hydrogen-bond donors (Lipinski definition) is 1. The Hall–Kier alpha value is -1.92. The molecule has 0 amide bonds. The molecule has 0 saturated carbocycles. The van der Waals surface area contributed by atoms with Crippen molar-refractivity contribution in [2.45, 2.75) is 19.4 Å². The van der Waals surface area contributed by atoms with E-state index in [1.54, 1.807) is 6.20 Å². The lowest BCUT2D eigenvalue weighted by atomic mass is 9.92. The smallest absolute Gasteiger partial charge is 0.123 e. The van der Waals surface area contributed by atoms with Gasteiger partial charge in [0.1, 0.15) is 5.82 Å². The maximum atomic E-state index is 5.79. The Morgan fingerprint density at radius 3 is 2.96 bits per heavy atom. The molecule has 124 valence electrons. The van der Waals surface area contributed by atoms with Crippen LogP contribution >= 0.6 is 0 Å². The predicted octanol–water partition coefficient (Wildman–Crippen LogP) is 1.65. The van der Waals surface area contributed by atoms with E-state index in [9.17, 15) is 0 Å². The molecule has 0 aromatic carbocycles. The van der Waals surface area contributed by atoms with Crippen molar-refractivity contribution in [3.05, 3.63) is 41.9 Å². The summed E-state index contributed by atoms with van der Waals surface area (Å²) in [5.74, 6) is 1.55. The molecule has 0 unspecified atom stereocenters. The van der Waals surface area contributed by atoms with Gasteiger partial charge in [-0.15, -0.1) is 0 Å². The molecule has 6 heteroatoms. The molecule has 0 bridgehead atoms. The van der Waals surface area contributed by atoms with Gasteiger partial charge in [0.25, 0.3) is 0 Å². The first-order valence-electron chi connectivity index (χ1n) is 8.14. The Balaban J connectivity index is 1.71. The Kier molecular flexibility index (Phi) is 4.93. The van der Waals surface area contributed by atoms with Gasteiger partial charge in [-0.05, 0) is 30.2 Å². The third-order valence-electron chi connectivity index (χ3n) is 4.46. The van der Waals surface area contributed by atoms with Crippen molar-refractivity contribution >= 4 is 5.82 Å². The molecule has 2 aromatic rings. The van der Waals surface area contributed by atoms with Gasteiger partial charge in [-0.2, -0.15) is 5.10 Å². The van der Waals surface area contributed by atoms with Gasteiger partial charge in [-0.3, -0.25) is 9.58 Å². The minimum absolute atomic E-state index is 0.467. The zero-order chi connectivity index (χ0) is 16.2. The number of ether oxygens (including phenoxy) is 1. The second-order valence-corrected chi connectivity index (χ2v) is 6.26. The lowest BCUT2D eigenvalue weighted by molar-refractivity contribution is 0.107. The van der Waals surface area contributed by atoms with E-state index >= 15 is 0 Å². The normalized spacial score (nSPS) is 21.8. The monoisotopic (exact) mass is 315 g/mol. The molecule has 1 aliphatic rings. The summed E-state index contributed by atoms with van der Waals surface area (Å²) in [6.45, 7) is 6.55. The van der Waals surface area contributed by atoms with E-state index in [2.05, 4.69) is 21.2 Å². The van der Waals surface area contributed by atoms with Crippen LogP contribution in [0.2, 0.25) is 0 Å². The van der Waals surface area contributed by atoms with Crippen molar-refractivity contribution in [1.29, 1.82) is 0 Å². The standard InChI is InChI=1S/C17H25N5O/c1-3-23-12-15-10-22(8-13-4-5-19-17(18)6-13)11-16(15)14-7-20-21(2)9-14/h4-7,9,15-16H,3,8,10-12H2,1-2H3,(H2,18,19)/t15-,16-/m0/s1. The number of nitrogens with zero attached hydrogens (tertiary/aromatic N) is 4. The Morgan fingerprint density at radius 1 is 1.39 bits per heavy atom. The minimum atomic E-state index is 0.467. The third kappa shape index (κ3) is 3.89. The zero-order valence-electron chi connectivity index (χ0n) is 13.9. The molecule has 6 nitrogen and oxygen atoms in total. The number of aromatic nitrogens is 3. The molecule has 2 N–H and O–H groups in total. The Labute approximate surface area is 137 Å². The van der Waals surface area contributed by atoms with Gasteiger partial charge >= 0.3 is 0 Å². The average Bonchev–Trinajstić information content (AvgIpc) is 3.11. The fourth-order valence-corrected chi connectivity index (χ4v) is 3.39. The second-order valence-electron chi connectivity index (χ2n) is 6.26. The molecule has 1 aliphatic heterocycles. The first-order valence-corrected chi connectivity index (χ1v) is 8.14. The third-order valence-corrected chi connectivity index (χ3v) is 4.46. The molecular weight excluding hydrogens is 290 g/mol. The molecule has 1 fully saturated rings. The number of rotatable bonds is 6. The van der Waals surface area contributed by atoms with Crippen molar-refractivity contribution in [3.63, 3.8) is 0 Å². The van der Waals surface area contributed by atoms with Crippen LogP contribution in [-0.2, 0) is 18.3 Å². The van der Waals surface area contributed by atoms with Gasteiger partial charge in [0.2, 0.25) is 0 Å². The summed E-state index contributed by atoms with van der Waals surface area (Å²) < 4.78 is 7.58. The average molecular weight is 315 g/mol. The maximum absolute atomic E-state index is 5.79. The summed E-state index contributed by atoms with van der Waals surface area (Å²) in [5, 5.41) is 4.33. The van der Waals surface area contributed by atoms with Crippen LogP contribution in [0.25, 0.3) is 0 Å². The molecular formula is C17H25N5O. The van der Waals surface area contributed by atoms with E-state index < -0.39 is 0 Å². The van der Waals surface area contributed by atoms with Crippen molar-refractivity contribution in [2.24, 2.45) is 13.0 Å². The van der Waals surface area contributed by atoms with Gasteiger partial charge in [0.15, 0.2) is 0 Å². The molecule has 0 radical (unpaired) electrons. The largest absolute Gasteiger partial charge is 0.384 e. The number of hydrogen-bond acceptors (Lipinski definition) is 5. The van der Waals surface area contributed by atoms with E-state index in [-0.39, 0.29) is 0 Å². The Morgan fingerprint density at radius 2 is 2.26 bits per heavy atom. The zero-order valence-corrected chi connectivity index (χ0v) is 13.9. The maximum Gasteiger partial charge on any atom is 0.123 e. The van der Waals surface area contributed by atoms with Gasteiger partial charge in [-0.1, -0.05) is 0 Å². The summed E-state index contributed by atoms with van der Waals surface area (Å²) in [5.41, 5.74) is 8.29. The van der Waals surface area contributed by atoms with Crippen LogP contribution in [0, 0.1) is 5.92 Å². The van der Waals surface area contributed by atoms with Crippen LogP contribution in [0.15, 0.2) is 30.7 Å². The topological polar surface area (TPSA) is 69.2 Å². The van der Waals surface area contributed by atoms with E-state index in [0.717, 1.165) is 32.8 Å². The number of likely N-dealkylation sites (tertiary alicyclic amines) is 1. The Bertz CT molecular complexity index is 641. The molecule has 0 aliphatic carbocycles. The van der Waals surface area contributed by atoms with Crippen LogP contribution in [0.1, 0.15) is 24.0 Å². The number of nitrogens with two attached hydrogens (primary N) is 1. The number of aryl methyl sites for hydroxylation is 1. The second kappa shape index (κ2) is 7.10. The van der Waals surface area contributed by atoms with Gasteiger partial charge in [-0.25, -0.2) is 4.98 Å². The quantitative estimate of drug-likeness (QED) is 0.878. The molecule has 3 rings (SSSR count). The van der Waals surface area contributed by atoms with Crippen molar-refractivity contribution in [2.75, 3.05) is 32.0 Å². The van der Waals surface area contributed by atoms with Crippen LogP contribution in [0.5, 0.6) is 0 Å². The fraction of sp³-hybridized carbons (Fsp3) is 0.529. The van der Waals surface area contributed by atoms with E-state index in [1.165, 1.54) is 11.1 Å². The fourth-order valence-electron chi connectivity index (χ4n) is 3.39. The molecule has 23 heavy (non-hydrogen) atoms. The molecule has 0 spiro atoms. The van der Waals surface area contributed by atoms with Gasteiger partial charge in [0, 0.05) is 57.5 Å². The van der Waals surface area contributed by atoms with Crippen LogP contribution in [0.4, 0.5) is 5.82 Å². The van der Waals surface area contributed by atoms with Crippen LogP contribution < -0.4 is 5.73 Å². The highest BCUT2D eigenvalue weighted by Gasteiger charge is 2.34. The lowest BCUT2D eigenvalue weighted by Crippen LogP contribution is -2.21. The molecule has 2 aromatic heterocycles. The van der Waals surface area contributed by atoms with E-state index in [1.807, 2.05) is 37.0 Å². The number of anilines is 1. The highest BCUT2D eigenvalue weighted by Crippen LogP contribution is 2.33. The highest BCUT2D eigenvalue weighted by molar-refractivity contribution is 5.31. The van der Waals surface area contributed by atoms with E-state index in [0.29, 0.717) is 17.7 Å². The summed E-state index contributed by atoms with van der Waals surface area (Å²) in [6.07, 6.45) is 5.88. The summed E-state index contributed by atoms with van der Waals surface area (Å²) in [7, 11) is 1.97. The van der Waals surface area contributed by atoms with Gasteiger partial charge in [0.05, 0.1) is 12.8 Å². The van der Waals surface area contributed by atoms with Crippen LogP contribution in [0.3, 0.4) is 0 Å². The minimum Gasteiger partial charge on any atom is -0.384 e. The number of nitrogen functional groups attached to an aromatic ring is 1. The summed E-state index contributed by atoms with van der Waals surface area (Å²) >= 11 is 0. The van der Waals surface area contributed by atoms with Gasteiger partial charge < -0.3 is 10.5 Å². The molecule has 3 heterocycles. The van der Waals surface area contributed by atoms with Crippen LogP contribution in [-0.4, -0.2) is 46.0 Å². The molecule has 2 atom stereocenters. The first kappa shape index (κ1) is 16.0. The summed E-state index contributed by atoms with van der Waals surface area (Å²) in [4.78, 5) is 6.53. The van der Waals surface area contributed by atoms with Crippen molar-refractivity contribution in [3.8, 4) is 0 Å². The highest BCUT2D eigenvalue weighted by atomic mass is 16.5. The lowest BCUT2D eigenvalue weighted by Gasteiger charge is -2.16. The summed E-state index contributed by atoms with van der Waals surface area (Å²) in [6, 6.07) is 3.99. The molecule has 1 saturated heterocycles. The SMILES string of the molecule is CCOC[C@@H]1CN(Cc2ccnc(N)c2)C[C@H]1c1cnn(C)c1. The number of pyridine rings is 1. The predicted molar refractivity (Wildman–Crippen MR) is 89.9 cm³/mol. The van der Waals surface area contributed by atoms with Crippen molar-refractivity contribution < 1.29 is 4.74 Å².